The number of hydrogen-bond donors (Lipinski definition) is 1. The van der Waals surface area contributed by atoms with Crippen molar-refractivity contribution in [3.8, 4) is 0 Å². The lowest BCUT2D eigenvalue weighted by Crippen LogP contribution is -2.46. The topological polar surface area (TPSA) is 43.1 Å². The van der Waals surface area contributed by atoms with E-state index in [1.54, 1.807) is 0 Å². The normalized spacial score (nSPS) is 31.3. The molecule has 3 atom stereocenters. The van der Waals surface area contributed by atoms with Crippen LogP contribution in [0.2, 0.25) is 0 Å². The smallest absolute Gasteiger partial charge is 0.248 e. The lowest BCUT2D eigenvalue weighted by Gasteiger charge is -2.52. The van der Waals surface area contributed by atoms with Gasteiger partial charge in [0.05, 0.1) is 0 Å². The minimum absolute atomic E-state index is 0.296. The summed E-state index contributed by atoms with van der Waals surface area (Å²) in [5, 5.41) is 0. The fraction of sp³-hybridized carbons (Fsp3) is 0.632. The van der Waals surface area contributed by atoms with Crippen LogP contribution in [0.15, 0.2) is 18.2 Å². The predicted molar refractivity (Wildman–Crippen MR) is 86.4 cm³/mol. The van der Waals surface area contributed by atoms with Crippen molar-refractivity contribution in [2.75, 3.05) is 0 Å². The van der Waals surface area contributed by atoms with E-state index >= 15 is 0 Å². The van der Waals surface area contributed by atoms with E-state index in [4.69, 9.17) is 5.73 Å². The van der Waals surface area contributed by atoms with Gasteiger partial charge in [-0.15, -0.1) is 0 Å². The standard InChI is InChI=1S/C19H27NO/c1-3-9-19-10-5-4-6-16(19)13(2)11-14-7-8-15(18(20)21)12-17(14)19/h7-8,12-13,16H,3-6,9-11H2,1-2H3,(H2,20,21)/t13-,16+,19+/m1/s1. The van der Waals surface area contributed by atoms with Crippen LogP contribution in [0.1, 0.15) is 73.9 Å². The molecule has 2 N–H and O–H groups in total. The van der Waals surface area contributed by atoms with Crippen LogP contribution in [0.25, 0.3) is 0 Å². The van der Waals surface area contributed by atoms with Gasteiger partial charge in [0.25, 0.3) is 0 Å². The molecule has 2 heteroatoms. The Labute approximate surface area is 128 Å². The molecule has 0 heterocycles. The van der Waals surface area contributed by atoms with Gasteiger partial charge in [0.1, 0.15) is 0 Å². The highest BCUT2D eigenvalue weighted by Crippen LogP contribution is 2.54. The quantitative estimate of drug-likeness (QED) is 0.888. The molecule has 1 amide bonds. The molecule has 2 nitrogen and oxygen atoms in total. The van der Waals surface area contributed by atoms with Gasteiger partial charge in [0.15, 0.2) is 0 Å². The lowest BCUT2D eigenvalue weighted by molar-refractivity contribution is 0.0985. The van der Waals surface area contributed by atoms with Gasteiger partial charge in [-0.25, -0.2) is 0 Å². The van der Waals surface area contributed by atoms with E-state index in [0.29, 0.717) is 11.0 Å². The first-order chi connectivity index (χ1) is 10.1. The molecule has 0 saturated heterocycles. The molecule has 0 unspecified atom stereocenters. The van der Waals surface area contributed by atoms with E-state index in [-0.39, 0.29) is 5.91 Å². The fourth-order valence-electron chi connectivity index (χ4n) is 5.18. The Bertz CT molecular complexity index is 546. The molecule has 1 aromatic rings. The van der Waals surface area contributed by atoms with Crippen molar-refractivity contribution in [1.29, 1.82) is 0 Å². The van der Waals surface area contributed by atoms with Gasteiger partial charge in [-0.2, -0.15) is 0 Å². The average Bonchev–Trinajstić information content (AvgIpc) is 2.47. The third-order valence-corrected chi connectivity index (χ3v) is 5.95. The van der Waals surface area contributed by atoms with Gasteiger partial charge in [-0.3, -0.25) is 4.79 Å². The van der Waals surface area contributed by atoms with Gasteiger partial charge < -0.3 is 5.73 Å². The van der Waals surface area contributed by atoms with Crippen molar-refractivity contribution < 1.29 is 4.79 Å². The summed E-state index contributed by atoms with van der Waals surface area (Å²) in [6, 6.07) is 6.20. The number of primary amides is 1. The third kappa shape index (κ3) is 2.29. The monoisotopic (exact) mass is 285 g/mol. The molecule has 3 rings (SSSR count). The number of hydrogen-bond acceptors (Lipinski definition) is 1. The number of amides is 1. The van der Waals surface area contributed by atoms with Gasteiger partial charge in [-0.1, -0.05) is 39.2 Å². The maximum Gasteiger partial charge on any atom is 0.248 e. The molecule has 21 heavy (non-hydrogen) atoms. The van der Waals surface area contributed by atoms with E-state index in [2.05, 4.69) is 26.0 Å². The van der Waals surface area contributed by atoms with Crippen molar-refractivity contribution in [3.63, 3.8) is 0 Å². The van der Waals surface area contributed by atoms with Crippen LogP contribution < -0.4 is 5.73 Å². The first-order valence-electron chi connectivity index (χ1n) is 8.51. The first kappa shape index (κ1) is 14.6. The second-order valence-corrected chi connectivity index (χ2v) is 7.18. The summed E-state index contributed by atoms with van der Waals surface area (Å²) in [6.07, 6.45) is 8.94. The zero-order valence-corrected chi connectivity index (χ0v) is 13.3. The summed E-state index contributed by atoms with van der Waals surface area (Å²) >= 11 is 0. The molecule has 0 aliphatic heterocycles. The van der Waals surface area contributed by atoms with Crippen molar-refractivity contribution >= 4 is 5.91 Å². The van der Waals surface area contributed by atoms with E-state index in [1.165, 1.54) is 49.7 Å². The zero-order valence-electron chi connectivity index (χ0n) is 13.3. The van der Waals surface area contributed by atoms with Crippen LogP contribution in [0, 0.1) is 11.8 Å². The van der Waals surface area contributed by atoms with Crippen molar-refractivity contribution in [2.45, 2.75) is 64.2 Å². The highest BCUT2D eigenvalue weighted by molar-refractivity contribution is 5.93. The van der Waals surface area contributed by atoms with E-state index in [0.717, 1.165) is 18.3 Å². The number of carbonyl (C=O) groups is 1. The van der Waals surface area contributed by atoms with Crippen LogP contribution in [0.4, 0.5) is 0 Å². The van der Waals surface area contributed by atoms with Crippen molar-refractivity contribution in [1.82, 2.24) is 0 Å². The maximum atomic E-state index is 11.6. The number of rotatable bonds is 3. The second kappa shape index (κ2) is 5.47. The molecule has 2 aliphatic carbocycles. The average molecular weight is 285 g/mol. The number of carbonyl (C=O) groups excluding carboxylic acids is 1. The van der Waals surface area contributed by atoms with Crippen LogP contribution >= 0.6 is 0 Å². The Morgan fingerprint density at radius 3 is 2.90 bits per heavy atom. The summed E-state index contributed by atoms with van der Waals surface area (Å²) in [7, 11) is 0. The molecule has 0 radical (unpaired) electrons. The van der Waals surface area contributed by atoms with Crippen LogP contribution in [0.5, 0.6) is 0 Å². The van der Waals surface area contributed by atoms with Gasteiger partial charge in [0.2, 0.25) is 5.91 Å². The number of nitrogens with two attached hydrogens (primary N) is 1. The van der Waals surface area contributed by atoms with Crippen LogP contribution in [-0.2, 0) is 11.8 Å². The highest BCUT2D eigenvalue weighted by Gasteiger charge is 2.47. The summed E-state index contributed by atoms with van der Waals surface area (Å²) in [6.45, 7) is 4.71. The second-order valence-electron chi connectivity index (χ2n) is 7.18. The zero-order chi connectivity index (χ0) is 15.0. The molecule has 2 aliphatic rings. The molecular formula is C19H27NO. The Hall–Kier alpha value is -1.31. The summed E-state index contributed by atoms with van der Waals surface area (Å²) in [4.78, 5) is 11.6. The van der Waals surface area contributed by atoms with E-state index in [1.807, 2.05) is 6.07 Å². The Morgan fingerprint density at radius 2 is 2.19 bits per heavy atom. The van der Waals surface area contributed by atoms with Crippen LogP contribution in [0.3, 0.4) is 0 Å². The van der Waals surface area contributed by atoms with Gasteiger partial charge >= 0.3 is 0 Å². The summed E-state index contributed by atoms with van der Waals surface area (Å²) in [5.41, 5.74) is 9.41. The van der Waals surface area contributed by atoms with Crippen LogP contribution in [-0.4, -0.2) is 5.91 Å². The minimum Gasteiger partial charge on any atom is -0.366 e. The molecule has 1 saturated carbocycles. The molecule has 1 fully saturated rings. The van der Waals surface area contributed by atoms with E-state index in [9.17, 15) is 4.79 Å². The largest absolute Gasteiger partial charge is 0.366 e. The fourth-order valence-corrected chi connectivity index (χ4v) is 5.18. The van der Waals surface area contributed by atoms with Crippen molar-refractivity contribution in [2.24, 2.45) is 17.6 Å². The molecular weight excluding hydrogens is 258 g/mol. The molecule has 0 bridgehead atoms. The van der Waals surface area contributed by atoms with E-state index < -0.39 is 0 Å². The lowest BCUT2D eigenvalue weighted by atomic mass is 9.52. The predicted octanol–water partition coefficient (Wildman–Crippen LogP) is 4.21. The Kier molecular flexibility index (Phi) is 3.81. The summed E-state index contributed by atoms with van der Waals surface area (Å²) in [5.74, 6) is 1.24. The maximum absolute atomic E-state index is 11.6. The molecule has 114 valence electrons. The number of benzene rings is 1. The SMILES string of the molecule is CCC[C@]12CCCC[C@H]1[C@H](C)Cc1ccc(C(N)=O)cc12. The van der Waals surface area contributed by atoms with Gasteiger partial charge in [-0.05, 0) is 66.2 Å². The van der Waals surface area contributed by atoms with Crippen molar-refractivity contribution in [3.05, 3.63) is 34.9 Å². The summed E-state index contributed by atoms with van der Waals surface area (Å²) < 4.78 is 0. The molecule has 0 spiro atoms. The first-order valence-corrected chi connectivity index (χ1v) is 8.51. The molecule has 1 aromatic carbocycles. The highest BCUT2D eigenvalue weighted by atomic mass is 16.1. The number of fused-ring (bicyclic) bond motifs is 3. The third-order valence-electron chi connectivity index (χ3n) is 5.95. The minimum atomic E-state index is -0.296. The van der Waals surface area contributed by atoms with Gasteiger partial charge in [0, 0.05) is 5.56 Å². The molecule has 0 aromatic heterocycles. The Balaban J connectivity index is 2.15. The Morgan fingerprint density at radius 1 is 1.38 bits per heavy atom.